The van der Waals surface area contributed by atoms with Crippen molar-refractivity contribution in [2.24, 2.45) is 5.41 Å². The minimum atomic E-state index is -4.85. The van der Waals surface area contributed by atoms with Crippen LogP contribution in [0, 0.1) is 11.2 Å². The van der Waals surface area contributed by atoms with Crippen LogP contribution in [0.2, 0.25) is 0 Å². The van der Waals surface area contributed by atoms with E-state index in [2.05, 4.69) is 5.32 Å². The maximum atomic E-state index is 13.8. The molecule has 0 saturated carbocycles. The van der Waals surface area contributed by atoms with E-state index < -0.39 is 34.4 Å². The van der Waals surface area contributed by atoms with Crippen LogP contribution in [-0.4, -0.2) is 24.2 Å². The lowest BCUT2D eigenvalue weighted by Gasteiger charge is -2.24. The molecule has 0 aliphatic heterocycles. The minimum Gasteiger partial charge on any atom is -0.396 e. The van der Waals surface area contributed by atoms with E-state index in [0.29, 0.717) is 12.5 Å². The van der Waals surface area contributed by atoms with Gasteiger partial charge in [0.25, 0.3) is 5.91 Å². The molecule has 0 aliphatic carbocycles. The number of aliphatic hydroxyl groups excluding tert-OH is 1. The number of halogens is 4. The van der Waals surface area contributed by atoms with Crippen molar-refractivity contribution in [2.75, 3.05) is 13.2 Å². The van der Waals surface area contributed by atoms with Crippen LogP contribution in [-0.2, 0) is 6.18 Å². The highest BCUT2D eigenvalue weighted by atomic mass is 19.4. The predicted octanol–water partition coefficient (Wildman–Crippen LogP) is 2.98. The standard InChI is InChI=1S/C14H17F4NO2/c1-13(2,6-7-20)8-19-12(21)9-4-3-5-10(11(9)15)14(16,17)18/h3-5,20H,6-8H2,1-2H3,(H,19,21). The molecule has 1 amide bonds. The van der Waals surface area contributed by atoms with Crippen molar-refractivity contribution in [2.45, 2.75) is 26.4 Å². The summed E-state index contributed by atoms with van der Waals surface area (Å²) < 4.78 is 51.5. The Labute approximate surface area is 120 Å². The number of amides is 1. The Hall–Kier alpha value is -1.63. The fourth-order valence-corrected chi connectivity index (χ4v) is 1.73. The topological polar surface area (TPSA) is 49.3 Å². The molecule has 0 saturated heterocycles. The summed E-state index contributed by atoms with van der Waals surface area (Å²) in [6, 6.07) is 2.57. The fraction of sp³-hybridized carbons (Fsp3) is 0.500. The van der Waals surface area contributed by atoms with Crippen LogP contribution in [0.3, 0.4) is 0 Å². The lowest BCUT2D eigenvalue weighted by atomic mass is 9.89. The quantitative estimate of drug-likeness (QED) is 0.822. The highest BCUT2D eigenvalue weighted by molar-refractivity contribution is 5.94. The van der Waals surface area contributed by atoms with Gasteiger partial charge in [0.1, 0.15) is 5.82 Å². The van der Waals surface area contributed by atoms with Gasteiger partial charge in [-0.05, 0) is 24.0 Å². The summed E-state index contributed by atoms with van der Waals surface area (Å²) in [6.45, 7) is 3.57. The highest BCUT2D eigenvalue weighted by Gasteiger charge is 2.35. The minimum absolute atomic E-state index is 0.0825. The molecule has 0 radical (unpaired) electrons. The molecule has 0 aromatic heterocycles. The second kappa shape index (κ2) is 6.43. The van der Waals surface area contributed by atoms with Crippen molar-refractivity contribution >= 4 is 5.91 Å². The molecular formula is C14H17F4NO2. The van der Waals surface area contributed by atoms with Crippen molar-refractivity contribution in [3.05, 3.63) is 35.1 Å². The second-order valence-electron chi connectivity index (χ2n) is 5.49. The van der Waals surface area contributed by atoms with Crippen molar-refractivity contribution in [1.82, 2.24) is 5.32 Å². The van der Waals surface area contributed by atoms with Crippen LogP contribution in [0.1, 0.15) is 36.2 Å². The molecule has 1 aromatic carbocycles. The van der Waals surface area contributed by atoms with Crippen LogP contribution in [0.4, 0.5) is 17.6 Å². The van der Waals surface area contributed by atoms with Gasteiger partial charge in [0.15, 0.2) is 0 Å². The molecule has 0 spiro atoms. The van der Waals surface area contributed by atoms with Crippen LogP contribution in [0.15, 0.2) is 18.2 Å². The first kappa shape index (κ1) is 17.4. The first-order valence-corrected chi connectivity index (χ1v) is 6.33. The Bertz CT molecular complexity index is 512. The van der Waals surface area contributed by atoms with E-state index in [9.17, 15) is 22.4 Å². The molecule has 21 heavy (non-hydrogen) atoms. The summed E-state index contributed by atoms with van der Waals surface area (Å²) in [5.74, 6) is -2.49. The highest BCUT2D eigenvalue weighted by Crippen LogP contribution is 2.32. The van der Waals surface area contributed by atoms with Gasteiger partial charge in [0.2, 0.25) is 0 Å². The third-order valence-corrected chi connectivity index (χ3v) is 3.06. The lowest BCUT2D eigenvalue weighted by Crippen LogP contribution is -2.35. The summed E-state index contributed by atoms with van der Waals surface area (Å²) in [4.78, 5) is 11.8. The zero-order valence-electron chi connectivity index (χ0n) is 11.7. The largest absolute Gasteiger partial charge is 0.419 e. The van der Waals surface area contributed by atoms with Crippen LogP contribution >= 0.6 is 0 Å². The molecule has 7 heteroatoms. The Morgan fingerprint density at radius 1 is 1.29 bits per heavy atom. The molecular weight excluding hydrogens is 290 g/mol. The van der Waals surface area contributed by atoms with Gasteiger partial charge in [-0.15, -0.1) is 0 Å². The Balaban J connectivity index is 2.90. The summed E-state index contributed by atoms with van der Waals surface area (Å²) >= 11 is 0. The molecule has 118 valence electrons. The maximum absolute atomic E-state index is 13.8. The van der Waals surface area contributed by atoms with Crippen molar-refractivity contribution in [3.8, 4) is 0 Å². The predicted molar refractivity (Wildman–Crippen MR) is 69.2 cm³/mol. The van der Waals surface area contributed by atoms with Crippen LogP contribution < -0.4 is 5.32 Å². The second-order valence-corrected chi connectivity index (χ2v) is 5.49. The molecule has 0 aliphatic rings. The molecule has 0 atom stereocenters. The van der Waals surface area contributed by atoms with E-state index >= 15 is 0 Å². The molecule has 2 N–H and O–H groups in total. The van der Waals surface area contributed by atoms with Gasteiger partial charge in [-0.25, -0.2) is 4.39 Å². The van der Waals surface area contributed by atoms with E-state index in [0.717, 1.165) is 12.1 Å². The lowest BCUT2D eigenvalue weighted by molar-refractivity contribution is -0.140. The monoisotopic (exact) mass is 307 g/mol. The van der Waals surface area contributed by atoms with Gasteiger partial charge in [0.05, 0.1) is 11.1 Å². The van der Waals surface area contributed by atoms with Gasteiger partial charge in [-0.2, -0.15) is 13.2 Å². The average Bonchev–Trinajstić information content (AvgIpc) is 2.35. The molecule has 0 heterocycles. The number of alkyl halides is 3. The van der Waals surface area contributed by atoms with E-state index in [4.69, 9.17) is 5.11 Å². The molecule has 1 rings (SSSR count). The average molecular weight is 307 g/mol. The maximum Gasteiger partial charge on any atom is 0.419 e. The Kier molecular flexibility index (Phi) is 5.33. The fourth-order valence-electron chi connectivity index (χ4n) is 1.73. The van der Waals surface area contributed by atoms with Gasteiger partial charge in [0, 0.05) is 13.2 Å². The summed E-state index contributed by atoms with van der Waals surface area (Å²) in [7, 11) is 0. The molecule has 0 fully saturated rings. The van der Waals surface area contributed by atoms with E-state index in [1.807, 2.05) is 0 Å². The number of carbonyl (C=O) groups excluding carboxylic acids is 1. The summed E-state index contributed by atoms with van der Waals surface area (Å²) in [5, 5.41) is 11.2. The van der Waals surface area contributed by atoms with Crippen LogP contribution in [0.5, 0.6) is 0 Å². The van der Waals surface area contributed by atoms with Crippen molar-refractivity contribution < 1.29 is 27.5 Å². The zero-order valence-corrected chi connectivity index (χ0v) is 11.7. The van der Waals surface area contributed by atoms with Gasteiger partial charge in [-0.1, -0.05) is 19.9 Å². The Morgan fingerprint density at radius 3 is 2.43 bits per heavy atom. The Morgan fingerprint density at radius 2 is 1.90 bits per heavy atom. The van der Waals surface area contributed by atoms with Gasteiger partial charge >= 0.3 is 6.18 Å². The normalized spacial score (nSPS) is 12.3. The summed E-state index contributed by atoms with van der Waals surface area (Å²) in [6.07, 6.45) is -4.45. The van der Waals surface area contributed by atoms with Crippen molar-refractivity contribution in [3.63, 3.8) is 0 Å². The first-order chi connectivity index (χ1) is 9.58. The number of rotatable bonds is 5. The SMILES string of the molecule is CC(C)(CCO)CNC(=O)c1cccc(C(F)(F)F)c1F. The van der Waals surface area contributed by atoms with E-state index in [1.54, 1.807) is 13.8 Å². The third-order valence-electron chi connectivity index (χ3n) is 3.06. The number of nitrogens with one attached hydrogen (secondary N) is 1. The third kappa shape index (κ3) is 4.70. The van der Waals surface area contributed by atoms with Crippen molar-refractivity contribution in [1.29, 1.82) is 0 Å². The number of hydrogen-bond donors (Lipinski definition) is 2. The van der Waals surface area contributed by atoms with E-state index in [1.165, 1.54) is 0 Å². The molecule has 0 bridgehead atoms. The smallest absolute Gasteiger partial charge is 0.396 e. The number of benzene rings is 1. The molecule has 1 aromatic rings. The number of hydrogen-bond acceptors (Lipinski definition) is 2. The number of carbonyl (C=O) groups is 1. The molecule has 3 nitrogen and oxygen atoms in total. The number of aliphatic hydroxyl groups is 1. The van der Waals surface area contributed by atoms with Gasteiger partial charge in [-0.3, -0.25) is 4.79 Å². The zero-order chi connectivity index (χ0) is 16.3. The first-order valence-electron chi connectivity index (χ1n) is 6.33. The summed E-state index contributed by atoms with van der Waals surface area (Å²) in [5.41, 5.74) is -2.56. The van der Waals surface area contributed by atoms with Crippen LogP contribution in [0.25, 0.3) is 0 Å². The van der Waals surface area contributed by atoms with Gasteiger partial charge < -0.3 is 10.4 Å². The molecule has 0 unspecified atom stereocenters. The van der Waals surface area contributed by atoms with E-state index in [-0.39, 0.29) is 13.2 Å².